The largest absolute Gasteiger partial charge is 0.317 e. The first kappa shape index (κ1) is 20.5. The van der Waals surface area contributed by atoms with Gasteiger partial charge in [-0.3, -0.25) is 14.2 Å². The van der Waals surface area contributed by atoms with Crippen molar-refractivity contribution in [2.75, 3.05) is 14.1 Å². The molecule has 0 aliphatic heterocycles. The third-order valence-electron chi connectivity index (χ3n) is 4.76. The third-order valence-corrected chi connectivity index (χ3v) is 6.57. The molecule has 29 heavy (non-hydrogen) atoms. The van der Waals surface area contributed by atoms with Crippen molar-refractivity contribution in [3.63, 3.8) is 0 Å². The van der Waals surface area contributed by atoms with Crippen molar-refractivity contribution in [2.24, 2.45) is 0 Å². The number of sulfonamides is 1. The highest BCUT2D eigenvalue weighted by molar-refractivity contribution is 7.89. The van der Waals surface area contributed by atoms with Crippen LogP contribution in [0.1, 0.15) is 18.1 Å². The van der Waals surface area contributed by atoms with Crippen LogP contribution in [0.15, 0.2) is 56.9 Å². The van der Waals surface area contributed by atoms with Gasteiger partial charge in [-0.25, -0.2) is 12.7 Å². The molecule has 0 unspecified atom stereocenters. The molecule has 0 amide bonds. The molecule has 2 aromatic carbocycles. The van der Waals surface area contributed by atoms with Crippen LogP contribution in [-0.2, 0) is 23.1 Å². The van der Waals surface area contributed by atoms with Gasteiger partial charge in [0.05, 0.1) is 34.1 Å². The van der Waals surface area contributed by atoms with Crippen molar-refractivity contribution in [2.45, 2.75) is 24.9 Å². The summed E-state index contributed by atoms with van der Waals surface area (Å²) < 4.78 is 28.8. The maximum Gasteiger partial charge on any atom is 0.317 e. The summed E-state index contributed by atoms with van der Waals surface area (Å²) in [5, 5.41) is 9.34. The molecule has 0 fully saturated rings. The van der Waals surface area contributed by atoms with Gasteiger partial charge >= 0.3 is 11.1 Å². The minimum atomic E-state index is -3.74. The fourth-order valence-electron chi connectivity index (χ4n) is 3.18. The predicted molar refractivity (Wildman–Crippen MR) is 109 cm³/mol. The molecule has 0 saturated heterocycles. The van der Waals surface area contributed by atoms with E-state index in [-0.39, 0.29) is 18.0 Å². The molecule has 3 rings (SSSR count). The lowest BCUT2D eigenvalue weighted by Crippen LogP contribution is -2.41. The molecule has 8 nitrogen and oxygen atoms in total. The summed E-state index contributed by atoms with van der Waals surface area (Å²) in [5.74, 6) is 0. The Hall–Kier alpha value is -3.22. The molecule has 0 aliphatic carbocycles. The highest BCUT2D eigenvalue weighted by Crippen LogP contribution is 2.21. The smallest absolute Gasteiger partial charge is 0.302 e. The molecule has 0 atom stereocenters. The minimum Gasteiger partial charge on any atom is -0.302 e. The lowest BCUT2D eigenvalue weighted by Gasteiger charge is -2.17. The van der Waals surface area contributed by atoms with Gasteiger partial charge in [0.15, 0.2) is 0 Å². The topological polar surface area (TPSA) is 105 Å². The van der Waals surface area contributed by atoms with E-state index in [2.05, 4.69) is 6.07 Å². The van der Waals surface area contributed by atoms with Gasteiger partial charge in [-0.1, -0.05) is 18.2 Å². The first-order valence-electron chi connectivity index (χ1n) is 8.90. The highest BCUT2D eigenvalue weighted by atomic mass is 32.2. The number of nitrogens with zero attached hydrogens (tertiary/aromatic N) is 4. The van der Waals surface area contributed by atoms with Crippen LogP contribution in [0.2, 0.25) is 0 Å². The highest BCUT2D eigenvalue weighted by Gasteiger charge is 2.20. The number of nitriles is 1. The Labute approximate surface area is 167 Å². The summed E-state index contributed by atoms with van der Waals surface area (Å²) in [4.78, 5) is 25.5. The van der Waals surface area contributed by atoms with Crippen LogP contribution in [0.3, 0.4) is 0 Å². The summed E-state index contributed by atoms with van der Waals surface area (Å²) in [5.41, 5.74) is 0.234. The van der Waals surface area contributed by atoms with E-state index in [1.54, 1.807) is 31.2 Å². The van der Waals surface area contributed by atoms with Gasteiger partial charge in [0.1, 0.15) is 0 Å². The summed E-state index contributed by atoms with van der Waals surface area (Å²) in [6.45, 7) is 1.98. The van der Waals surface area contributed by atoms with Gasteiger partial charge in [-0.15, -0.1) is 0 Å². The summed E-state index contributed by atoms with van der Waals surface area (Å²) >= 11 is 0. The van der Waals surface area contributed by atoms with E-state index >= 15 is 0 Å². The Kier molecular flexibility index (Phi) is 5.42. The molecule has 0 aliphatic rings. The van der Waals surface area contributed by atoms with Crippen LogP contribution < -0.4 is 11.1 Å². The van der Waals surface area contributed by atoms with E-state index in [4.69, 9.17) is 0 Å². The minimum absolute atomic E-state index is 0.0121. The van der Waals surface area contributed by atoms with Crippen LogP contribution in [0.4, 0.5) is 0 Å². The third kappa shape index (κ3) is 3.48. The summed E-state index contributed by atoms with van der Waals surface area (Å²) in [6.07, 6.45) is 0. The lowest BCUT2D eigenvalue weighted by atomic mass is 10.1. The molecule has 0 radical (unpaired) electrons. The van der Waals surface area contributed by atoms with Crippen molar-refractivity contribution in [3.05, 3.63) is 74.3 Å². The van der Waals surface area contributed by atoms with Crippen LogP contribution in [-0.4, -0.2) is 36.0 Å². The molecule has 9 heteroatoms. The van der Waals surface area contributed by atoms with Crippen molar-refractivity contribution in [1.82, 2.24) is 13.4 Å². The fourth-order valence-corrected chi connectivity index (χ4v) is 4.10. The summed E-state index contributed by atoms with van der Waals surface area (Å²) in [7, 11) is -0.896. The van der Waals surface area contributed by atoms with E-state index in [0.717, 1.165) is 4.31 Å². The molecule has 1 aromatic heterocycles. The maximum atomic E-state index is 12.8. The number of benzene rings is 2. The van der Waals surface area contributed by atoms with Gasteiger partial charge in [-0.2, -0.15) is 5.26 Å². The normalized spacial score (nSPS) is 11.7. The van der Waals surface area contributed by atoms with E-state index < -0.39 is 21.1 Å². The molecule has 0 spiro atoms. The van der Waals surface area contributed by atoms with E-state index in [1.165, 1.54) is 41.4 Å². The van der Waals surface area contributed by atoms with E-state index in [9.17, 15) is 23.3 Å². The van der Waals surface area contributed by atoms with E-state index in [0.29, 0.717) is 22.2 Å². The quantitative estimate of drug-likeness (QED) is 0.588. The zero-order chi connectivity index (χ0) is 21.3. The SMILES string of the molecule is CCn1c(=O)c(=O)n(Cc2ccccc2C#N)c2cc(S(=O)(=O)N(C)C)ccc21. The van der Waals surface area contributed by atoms with Crippen LogP contribution in [0.5, 0.6) is 0 Å². The van der Waals surface area contributed by atoms with Crippen molar-refractivity contribution in [3.8, 4) is 6.07 Å². The second kappa shape index (κ2) is 7.66. The molecule has 0 N–H and O–H groups in total. The van der Waals surface area contributed by atoms with Crippen molar-refractivity contribution < 1.29 is 8.42 Å². The second-order valence-electron chi connectivity index (χ2n) is 6.65. The standard InChI is InChI=1S/C20H20N4O4S/c1-4-23-17-10-9-16(29(27,28)22(2)3)11-18(17)24(20(26)19(23)25)13-15-8-6-5-7-14(15)12-21/h5-11H,4,13H2,1-3H3. The number of fused-ring (bicyclic) bond motifs is 1. The monoisotopic (exact) mass is 412 g/mol. The van der Waals surface area contributed by atoms with Crippen LogP contribution in [0, 0.1) is 11.3 Å². The van der Waals surface area contributed by atoms with Gasteiger partial charge in [0.25, 0.3) is 0 Å². The number of rotatable bonds is 5. The number of aryl methyl sites for hydroxylation is 1. The maximum absolute atomic E-state index is 12.8. The van der Waals surface area contributed by atoms with Gasteiger partial charge in [-0.05, 0) is 36.8 Å². The Bertz CT molecular complexity index is 1360. The Morgan fingerprint density at radius 2 is 1.66 bits per heavy atom. The fraction of sp³-hybridized carbons (Fsp3) is 0.250. The van der Waals surface area contributed by atoms with Crippen molar-refractivity contribution in [1.29, 1.82) is 5.26 Å². The Morgan fingerprint density at radius 1 is 1.00 bits per heavy atom. The molecule has 0 saturated carbocycles. The molecule has 150 valence electrons. The van der Waals surface area contributed by atoms with E-state index in [1.807, 2.05) is 0 Å². The first-order chi connectivity index (χ1) is 13.7. The molecule has 0 bridgehead atoms. The average Bonchev–Trinajstić information content (AvgIpc) is 2.71. The zero-order valence-electron chi connectivity index (χ0n) is 16.3. The molecule has 1 heterocycles. The predicted octanol–water partition coefficient (Wildman–Crippen LogP) is 1.35. The molecule has 3 aromatic rings. The van der Waals surface area contributed by atoms with Crippen LogP contribution >= 0.6 is 0 Å². The van der Waals surface area contributed by atoms with Gasteiger partial charge < -0.3 is 4.57 Å². The van der Waals surface area contributed by atoms with Crippen molar-refractivity contribution >= 4 is 21.1 Å². The average molecular weight is 412 g/mol. The molecular weight excluding hydrogens is 392 g/mol. The Morgan fingerprint density at radius 3 is 2.28 bits per heavy atom. The second-order valence-corrected chi connectivity index (χ2v) is 8.80. The van der Waals surface area contributed by atoms with Gasteiger partial charge in [0, 0.05) is 20.6 Å². The van der Waals surface area contributed by atoms with Crippen LogP contribution in [0.25, 0.3) is 11.0 Å². The first-order valence-corrected chi connectivity index (χ1v) is 10.3. The number of hydrogen-bond acceptors (Lipinski definition) is 5. The lowest BCUT2D eigenvalue weighted by molar-refractivity contribution is 0.521. The zero-order valence-corrected chi connectivity index (χ0v) is 17.1. The number of aromatic nitrogens is 2. The molecular formula is C20H20N4O4S. The summed E-state index contributed by atoms with van der Waals surface area (Å²) in [6, 6.07) is 13.2. The number of hydrogen-bond donors (Lipinski definition) is 0. The van der Waals surface area contributed by atoms with Gasteiger partial charge in [0.2, 0.25) is 10.0 Å². The Balaban J connectivity index is 2.39.